The standard InChI is InChI=1S/C24H15Cl3N2O6/c1-33-21-10-14(8-19(27)22(21)34-12-13-3-2-4-15(25)7-13)9-20-24(30)35-23(28-20)17-11-16(29(31)32)5-6-18(17)26/h2-11H,12H2,1H3/b20-9-. The van der Waals surface area contributed by atoms with Gasteiger partial charge in [-0.05, 0) is 47.5 Å². The summed E-state index contributed by atoms with van der Waals surface area (Å²) < 4.78 is 16.4. The molecule has 1 heterocycles. The molecule has 0 fully saturated rings. The molecule has 178 valence electrons. The van der Waals surface area contributed by atoms with E-state index in [0.29, 0.717) is 22.1 Å². The van der Waals surface area contributed by atoms with Crippen LogP contribution in [-0.4, -0.2) is 23.9 Å². The number of hydrogen-bond donors (Lipinski definition) is 0. The van der Waals surface area contributed by atoms with Crippen LogP contribution in [0.3, 0.4) is 0 Å². The van der Waals surface area contributed by atoms with E-state index in [1.165, 1.54) is 31.4 Å². The number of methoxy groups -OCH3 is 1. The lowest BCUT2D eigenvalue weighted by Gasteiger charge is -2.13. The topological polar surface area (TPSA) is 100 Å². The quantitative estimate of drug-likeness (QED) is 0.149. The molecular weight excluding hydrogens is 519 g/mol. The summed E-state index contributed by atoms with van der Waals surface area (Å²) in [5.41, 5.74) is 1.19. The number of nitro groups is 1. The Bertz CT molecular complexity index is 1400. The molecular formula is C24H15Cl3N2O6. The van der Waals surface area contributed by atoms with Gasteiger partial charge in [0.1, 0.15) is 6.61 Å². The number of hydrogen-bond acceptors (Lipinski definition) is 7. The molecule has 1 aliphatic heterocycles. The second-order valence-electron chi connectivity index (χ2n) is 7.21. The van der Waals surface area contributed by atoms with Gasteiger partial charge in [-0.15, -0.1) is 0 Å². The summed E-state index contributed by atoms with van der Waals surface area (Å²) >= 11 is 18.6. The molecule has 0 unspecified atom stereocenters. The van der Waals surface area contributed by atoms with E-state index in [-0.39, 0.29) is 39.5 Å². The molecule has 4 rings (SSSR count). The van der Waals surface area contributed by atoms with Crippen molar-refractivity contribution in [2.45, 2.75) is 6.61 Å². The highest BCUT2D eigenvalue weighted by Crippen LogP contribution is 2.38. The van der Waals surface area contributed by atoms with Gasteiger partial charge >= 0.3 is 5.97 Å². The Hall–Kier alpha value is -3.59. The summed E-state index contributed by atoms with van der Waals surface area (Å²) in [6.07, 6.45) is 1.44. The summed E-state index contributed by atoms with van der Waals surface area (Å²) in [4.78, 5) is 27.1. The highest BCUT2D eigenvalue weighted by Gasteiger charge is 2.27. The van der Waals surface area contributed by atoms with Crippen molar-refractivity contribution in [3.05, 3.63) is 102 Å². The Morgan fingerprint density at radius 1 is 1.09 bits per heavy atom. The van der Waals surface area contributed by atoms with Crippen LogP contribution in [0.25, 0.3) is 6.08 Å². The zero-order chi connectivity index (χ0) is 25.1. The first kappa shape index (κ1) is 24.5. The largest absolute Gasteiger partial charge is 0.493 e. The summed E-state index contributed by atoms with van der Waals surface area (Å²) in [5, 5.41) is 12.1. The second kappa shape index (κ2) is 10.4. The fraction of sp³-hybridized carbons (Fsp3) is 0.0833. The third kappa shape index (κ3) is 5.57. The minimum Gasteiger partial charge on any atom is -0.493 e. The van der Waals surface area contributed by atoms with Crippen molar-refractivity contribution in [3.63, 3.8) is 0 Å². The van der Waals surface area contributed by atoms with Gasteiger partial charge in [0, 0.05) is 17.2 Å². The predicted molar refractivity (Wildman–Crippen MR) is 133 cm³/mol. The minimum absolute atomic E-state index is 0.0479. The molecule has 0 atom stereocenters. The summed E-state index contributed by atoms with van der Waals surface area (Å²) in [6, 6.07) is 14.2. The molecule has 11 heteroatoms. The van der Waals surface area contributed by atoms with Crippen LogP contribution in [0.1, 0.15) is 16.7 Å². The van der Waals surface area contributed by atoms with Crippen molar-refractivity contribution in [2.75, 3.05) is 7.11 Å². The minimum atomic E-state index is -0.751. The van der Waals surface area contributed by atoms with E-state index in [1.807, 2.05) is 12.1 Å². The lowest BCUT2D eigenvalue weighted by Crippen LogP contribution is -2.06. The van der Waals surface area contributed by atoms with Crippen LogP contribution in [0, 0.1) is 10.1 Å². The molecule has 0 bridgehead atoms. The number of carbonyl (C=O) groups excluding carboxylic acids is 1. The number of nitro benzene ring substituents is 1. The number of carbonyl (C=O) groups is 1. The molecule has 0 amide bonds. The van der Waals surface area contributed by atoms with Gasteiger partial charge < -0.3 is 14.2 Å². The average molecular weight is 534 g/mol. The van der Waals surface area contributed by atoms with Crippen LogP contribution < -0.4 is 9.47 Å². The van der Waals surface area contributed by atoms with Gasteiger partial charge in [-0.2, -0.15) is 0 Å². The summed E-state index contributed by atoms with van der Waals surface area (Å²) in [5.74, 6) is -0.241. The Labute approximate surface area is 214 Å². The molecule has 0 spiro atoms. The van der Waals surface area contributed by atoms with E-state index in [9.17, 15) is 14.9 Å². The lowest BCUT2D eigenvalue weighted by molar-refractivity contribution is -0.384. The SMILES string of the molecule is COc1cc(/C=C2\N=C(c3cc([N+](=O)[O-])ccc3Cl)OC2=O)cc(Cl)c1OCc1cccc(Cl)c1. The van der Waals surface area contributed by atoms with E-state index in [4.69, 9.17) is 49.0 Å². The maximum atomic E-state index is 12.4. The van der Waals surface area contributed by atoms with E-state index in [0.717, 1.165) is 5.56 Å². The smallest absolute Gasteiger partial charge is 0.363 e. The maximum absolute atomic E-state index is 12.4. The van der Waals surface area contributed by atoms with Crippen molar-refractivity contribution in [1.29, 1.82) is 0 Å². The molecule has 35 heavy (non-hydrogen) atoms. The zero-order valence-corrected chi connectivity index (χ0v) is 20.2. The highest BCUT2D eigenvalue weighted by atomic mass is 35.5. The molecule has 3 aromatic carbocycles. The van der Waals surface area contributed by atoms with Crippen molar-refractivity contribution in [1.82, 2.24) is 0 Å². The second-order valence-corrected chi connectivity index (χ2v) is 8.46. The molecule has 8 nitrogen and oxygen atoms in total. The number of non-ortho nitro benzene ring substituents is 1. The Morgan fingerprint density at radius 3 is 2.60 bits per heavy atom. The van der Waals surface area contributed by atoms with Gasteiger partial charge in [0.2, 0.25) is 5.90 Å². The van der Waals surface area contributed by atoms with Gasteiger partial charge in [-0.1, -0.05) is 46.9 Å². The van der Waals surface area contributed by atoms with Crippen LogP contribution in [-0.2, 0) is 16.1 Å². The van der Waals surface area contributed by atoms with Crippen molar-refractivity contribution >= 4 is 58.4 Å². The van der Waals surface area contributed by atoms with E-state index in [1.54, 1.807) is 24.3 Å². The lowest BCUT2D eigenvalue weighted by atomic mass is 10.1. The summed E-state index contributed by atoms with van der Waals surface area (Å²) in [6.45, 7) is 0.209. The van der Waals surface area contributed by atoms with Gasteiger partial charge in [0.15, 0.2) is 17.2 Å². The number of cyclic esters (lactones) is 1. The number of aliphatic imine (C=N–C) groups is 1. The van der Waals surface area contributed by atoms with Crippen LogP contribution in [0.5, 0.6) is 11.5 Å². The number of benzene rings is 3. The zero-order valence-electron chi connectivity index (χ0n) is 18.0. The normalized spacial score (nSPS) is 14.0. The Morgan fingerprint density at radius 2 is 1.89 bits per heavy atom. The molecule has 0 aromatic heterocycles. The van der Waals surface area contributed by atoms with Crippen LogP contribution in [0.2, 0.25) is 15.1 Å². The molecule has 3 aromatic rings. The first-order valence-electron chi connectivity index (χ1n) is 9.97. The molecule has 0 aliphatic carbocycles. The van der Waals surface area contributed by atoms with Crippen LogP contribution in [0.4, 0.5) is 5.69 Å². The number of nitrogens with zero attached hydrogens (tertiary/aromatic N) is 2. The number of rotatable bonds is 7. The van der Waals surface area contributed by atoms with Crippen molar-refractivity contribution < 1.29 is 23.9 Å². The van der Waals surface area contributed by atoms with E-state index < -0.39 is 10.9 Å². The fourth-order valence-electron chi connectivity index (χ4n) is 3.22. The number of ether oxygens (including phenoxy) is 3. The monoisotopic (exact) mass is 532 g/mol. The maximum Gasteiger partial charge on any atom is 0.363 e. The molecule has 0 N–H and O–H groups in total. The van der Waals surface area contributed by atoms with Crippen LogP contribution in [0.15, 0.2) is 65.3 Å². The molecule has 1 aliphatic rings. The first-order chi connectivity index (χ1) is 16.7. The molecule has 0 saturated heterocycles. The van der Waals surface area contributed by atoms with Crippen molar-refractivity contribution in [3.8, 4) is 11.5 Å². The first-order valence-corrected chi connectivity index (χ1v) is 11.1. The molecule has 0 saturated carbocycles. The van der Waals surface area contributed by atoms with E-state index >= 15 is 0 Å². The summed E-state index contributed by atoms with van der Waals surface area (Å²) in [7, 11) is 1.46. The van der Waals surface area contributed by atoms with Crippen LogP contribution >= 0.6 is 34.8 Å². The number of halogens is 3. The van der Waals surface area contributed by atoms with Crippen molar-refractivity contribution in [2.24, 2.45) is 4.99 Å². The number of esters is 1. The fourth-order valence-corrected chi connectivity index (χ4v) is 3.90. The average Bonchev–Trinajstić information content (AvgIpc) is 3.18. The Kier molecular flexibility index (Phi) is 7.25. The van der Waals surface area contributed by atoms with E-state index in [2.05, 4.69) is 4.99 Å². The highest BCUT2D eigenvalue weighted by molar-refractivity contribution is 6.34. The molecule has 0 radical (unpaired) electrons. The Balaban J connectivity index is 1.62. The van der Waals surface area contributed by atoms with Gasteiger partial charge in [0.25, 0.3) is 5.69 Å². The third-order valence-electron chi connectivity index (χ3n) is 4.84. The van der Waals surface area contributed by atoms with Gasteiger partial charge in [-0.25, -0.2) is 9.79 Å². The predicted octanol–water partition coefficient (Wildman–Crippen LogP) is 6.49. The van der Waals surface area contributed by atoms with Gasteiger partial charge in [-0.3, -0.25) is 10.1 Å². The van der Waals surface area contributed by atoms with Gasteiger partial charge in [0.05, 0.1) is 27.6 Å². The third-order valence-corrected chi connectivity index (χ3v) is 5.68.